The summed E-state index contributed by atoms with van der Waals surface area (Å²) in [5, 5.41) is 13.2. The van der Waals surface area contributed by atoms with Crippen LogP contribution in [0.3, 0.4) is 0 Å². The van der Waals surface area contributed by atoms with Crippen molar-refractivity contribution in [2.75, 3.05) is 0 Å². The normalized spacial score (nSPS) is 11.1. The van der Waals surface area contributed by atoms with Crippen molar-refractivity contribution in [3.05, 3.63) is 94.7 Å². The fourth-order valence-electron chi connectivity index (χ4n) is 3.29. The molecule has 0 aliphatic rings. The molecule has 7 heteroatoms. The Kier molecular flexibility index (Phi) is 4.94. The molecule has 0 radical (unpaired) electrons. The number of nitrogens with zero attached hydrogens (tertiary/aromatic N) is 5. The van der Waals surface area contributed by atoms with Crippen molar-refractivity contribution in [1.82, 2.24) is 24.5 Å². The average molecular weight is 432 g/mol. The minimum atomic E-state index is 0.614. The van der Waals surface area contributed by atoms with Gasteiger partial charge >= 0.3 is 0 Å². The smallest absolute Gasteiger partial charge is 0.123 e. The van der Waals surface area contributed by atoms with Crippen molar-refractivity contribution in [3.8, 4) is 27.6 Å². The van der Waals surface area contributed by atoms with Crippen LogP contribution in [0.15, 0.2) is 78.3 Å². The van der Waals surface area contributed by atoms with E-state index in [9.17, 15) is 0 Å². The van der Waals surface area contributed by atoms with E-state index in [1.54, 1.807) is 11.3 Å². The number of rotatable bonds is 5. The van der Waals surface area contributed by atoms with Crippen molar-refractivity contribution in [2.24, 2.45) is 0 Å². The highest BCUT2D eigenvalue weighted by atomic mass is 35.5. The lowest BCUT2D eigenvalue weighted by Crippen LogP contribution is -2.01. The van der Waals surface area contributed by atoms with Crippen molar-refractivity contribution in [1.29, 1.82) is 0 Å². The van der Waals surface area contributed by atoms with E-state index in [1.165, 1.54) is 0 Å². The first-order valence-electron chi connectivity index (χ1n) is 9.52. The van der Waals surface area contributed by atoms with Crippen LogP contribution in [0.2, 0.25) is 5.02 Å². The molecule has 0 saturated carbocycles. The number of benzene rings is 2. The summed E-state index contributed by atoms with van der Waals surface area (Å²) in [4.78, 5) is 4.74. The van der Waals surface area contributed by atoms with Gasteiger partial charge in [0.1, 0.15) is 16.4 Å². The highest BCUT2D eigenvalue weighted by Gasteiger charge is 2.12. The predicted molar refractivity (Wildman–Crippen MR) is 121 cm³/mol. The second-order valence-corrected chi connectivity index (χ2v) is 8.26. The minimum absolute atomic E-state index is 0.614. The van der Waals surface area contributed by atoms with Gasteiger partial charge in [-0.25, -0.2) is 9.67 Å². The van der Waals surface area contributed by atoms with Gasteiger partial charge in [-0.2, -0.15) is 10.2 Å². The summed E-state index contributed by atoms with van der Waals surface area (Å²) in [6.07, 6.45) is 1.97. The summed E-state index contributed by atoms with van der Waals surface area (Å²) in [5.41, 5.74) is 5.86. The van der Waals surface area contributed by atoms with Crippen LogP contribution >= 0.6 is 22.9 Å². The third-order valence-corrected chi connectivity index (χ3v) is 5.95. The Labute approximate surface area is 183 Å². The van der Waals surface area contributed by atoms with Gasteiger partial charge in [0.05, 0.1) is 17.9 Å². The number of thiazole rings is 1. The molecule has 5 rings (SSSR count). The first kappa shape index (κ1) is 18.8. The van der Waals surface area contributed by atoms with E-state index in [1.807, 2.05) is 83.1 Å². The molecule has 0 atom stereocenters. The molecule has 0 saturated heterocycles. The number of halogens is 1. The third-order valence-electron chi connectivity index (χ3n) is 4.76. The highest BCUT2D eigenvalue weighted by molar-refractivity contribution is 7.13. The van der Waals surface area contributed by atoms with Crippen LogP contribution in [-0.2, 0) is 6.54 Å². The molecule has 0 aliphatic carbocycles. The Morgan fingerprint density at radius 3 is 2.53 bits per heavy atom. The van der Waals surface area contributed by atoms with Crippen LogP contribution in [0.4, 0.5) is 0 Å². The fourth-order valence-corrected chi connectivity index (χ4v) is 4.23. The molecule has 0 spiro atoms. The monoisotopic (exact) mass is 431 g/mol. The lowest BCUT2D eigenvalue weighted by Gasteiger charge is -2.02. The van der Waals surface area contributed by atoms with E-state index in [-0.39, 0.29) is 0 Å². The van der Waals surface area contributed by atoms with Gasteiger partial charge in [-0.1, -0.05) is 41.9 Å². The largest absolute Gasteiger partial charge is 0.266 e. The Morgan fingerprint density at radius 1 is 0.933 bits per heavy atom. The molecule has 0 amide bonds. The van der Waals surface area contributed by atoms with Crippen LogP contribution in [0.1, 0.15) is 11.4 Å². The molecule has 0 N–H and O–H groups in total. The van der Waals surface area contributed by atoms with Gasteiger partial charge < -0.3 is 0 Å². The molecule has 0 unspecified atom stereocenters. The summed E-state index contributed by atoms with van der Waals surface area (Å²) in [5.74, 6) is 0. The quantitative estimate of drug-likeness (QED) is 0.349. The van der Waals surface area contributed by atoms with Gasteiger partial charge in [0.25, 0.3) is 0 Å². The van der Waals surface area contributed by atoms with Crippen molar-refractivity contribution in [3.63, 3.8) is 0 Å². The third kappa shape index (κ3) is 3.79. The molecule has 5 nitrogen and oxygen atoms in total. The highest BCUT2D eigenvalue weighted by Crippen LogP contribution is 2.26. The molecule has 2 aromatic carbocycles. The van der Waals surface area contributed by atoms with E-state index in [0.717, 1.165) is 44.1 Å². The van der Waals surface area contributed by atoms with E-state index < -0.39 is 0 Å². The Balaban J connectivity index is 1.35. The molecule has 0 bridgehead atoms. The van der Waals surface area contributed by atoms with Gasteiger partial charge in [0, 0.05) is 27.9 Å². The topological polar surface area (TPSA) is 48.5 Å². The first-order chi connectivity index (χ1) is 14.7. The maximum Gasteiger partial charge on any atom is 0.123 e. The SMILES string of the molecule is Cc1cc(-c2ccn(Cc3csc(-c4ccc(Cl)cc4)n3)n2)nn1-c1ccccc1. The summed E-state index contributed by atoms with van der Waals surface area (Å²) in [6.45, 7) is 2.66. The zero-order valence-corrected chi connectivity index (χ0v) is 17.8. The van der Waals surface area contributed by atoms with E-state index in [0.29, 0.717) is 6.54 Å². The van der Waals surface area contributed by atoms with Crippen molar-refractivity contribution in [2.45, 2.75) is 13.5 Å². The number of hydrogen-bond donors (Lipinski definition) is 0. The molecule has 5 aromatic rings. The zero-order chi connectivity index (χ0) is 20.5. The zero-order valence-electron chi connectivity index (χ0n) is 16.2. The molecule has 3 heterocycles. The predicted octanol–water partition coefficient (Wildman–Crippen LogP) is 5.87. The second kappa shape index (κ2) is 7.89. The maximum atomic E-state index is 5.98. The number of hydrogen-bond acceptors (Lipinski definition) is 4. The van der Waals surface area contributed by atoms with Gasteiger partial charge in [-0.05, 0) is 43.3 Å². The van der Waals surface area contributed by atoms with Gasteiger partial charge in [-0.15, -0.1) is 11.3 Å². The first-order valence-corrected chi connectivity index (χ1v) is 10.8. The van der Waals surface area contributed by atoms with Gasteiger partial charge in [0.15, 0.2) is 0 Å². The molecule has 30 heavy (non-hydrogen) atoms. The molecule has 148 valence electrons. The number of aryl methyl sites for hydroxylation is 1. The molecule has 0 fully saturated rings. The minimum Gasteiger partial charge on any atom is -0.266 e. The standard InChI is InChI=1S/C23H18ClN5S/c1-16-13-22(27-29(16)20-5-3-2-4-6-20)21-11-12-28(26-21)14-19-15-30-23(25-19)17-7-9-18(24)10-8-17/h2-13,15H,14H2,1H3. The summed E-state index contributed by atoms with van der Waals surface area (Å²) < 4.78 is 3.83. The Morgan fingerprint density at radius 2 is 1.73 bits per heavy atom. The second-order valence-electron chi connectivity index (χ2n) is 6.97. The van der Waals surface area contributed by atoms with Crippen LogP contribution in [-0.4, -0.2) is 24.5 Å². The van der Waals surface area contributed by atoms with Crippen LogP contribution in [0, 0.1) is 6.92 Å². The average Bonchev–Trinajstić information content (AvgIpc) is 3.50. The lowest BCUT2D eigenvalue weighted by molar-refractivity contribution is 0.677. The summed E-state index contributed by atoms with van der Waals surface area (Å²) >= 11 is 7.60. The molecule has 3 aromatic heterocycles. The Hall–Kier alpha value is -3.22. The van der Waals surface area contributed by atoms with E-state index >= 15 is 0 Å². The van der Waals surface area contributed by atoms with Crippen LogP contribution in [0.5, 0.6) is 0 Å². The lowest BCUT2D eigenvalue weighted by atomic mass is 10.2. The van der Waals surface area contributed by atoms with Crippen molar-refractivity contribution >= 4 is 22.9 Å². The summed E-state index contributed by atoms with van der Waals surface area (Å²) in [6, 6.07) is 21.9. The molecular weight excluding hydrogens is 414 g/mol. The van der Waals surface area contributed by atoms with Gasteiger partial charge in [0.2, 0.25) is 0 Å². The number of aromatic nitrogens is 5. The van der Waals surface area contributed by atoms with Gasteiger partial charge in [-0.3, -0.25) is 4.68 Å². The van der Waals surface area contributed by atoms with E-state index in [4.69, 9.17) is 26.8 Å². The van der Waals surface area contributed by atoms with Crippen molar-refractivity contribution < 1.29 is 0 Å². The van der Waals surface area contributed by atoms with E-state index in [2.05, 4.69) is 11.4 Å². The Bertz CT molecular complexity index is 1280. The summed E-state index contributed by atoms with van der Waals surface area (Å²) in [7, 11) is 0. The molecular formula is C23H18ClN5S. The maximum absolute atomic E-state index is 5.98. The molecule has 0 aliphatic heterocycles. The van der Waals surface area contributed by atoms with Crippen LogP contribution < -0.4 is 0 Å². The fraction of sp³-hybridized carbons (Fsp3) is 0.0870. The number of para-hydroxylation sites is 1. The van der Waals surface area contributed by atoms with Crippen LogP contribution in [0.25, 0.3) is 27.6 Å².